The molecule has 0 aliphatic heterocycles. The third-order valence-electron chi connectivity index (χ3n) is 2.75. The Kier molecular flexibility index (Phi) is 8.50. The lowest BCUT2D eigenvalue weighted by atomic mass is 10.3. The number of halogens is 4. The lowest BCUT2D eigenvalue weighted by Gasteiger charge is -2.03. The van der Waals surface area contributed by atoms with Crippen molar-refractivity contribution in [1.82, 2.24) is 0 Å². The smallest absolute Gasteiger partial charge is 0.341 e. The molecule has 2 rings (SSSR count). The molecule has 2 aromatic rings. The molecule has 0 bridgehead atoms. The number of carbonyl (C=O) groups is 2. The van der Waals surface area contributed by atoms with Crippen LogP contribution in [0, 0.1) is 23.3 Å². The zero-order valence-electron chi connectivity index (χ0n) is 13.8. The predicted molar refractivity (Wildman–Crippen MR) is 86.5 cm³/mol. The van der Waals surface area contributed by atoms with Gasteiger partial charge >= 0.3 is 5.97 Å². The van der Waals surface area contributed by atoms with Crippen LogP contribution in [0.15, 0.2) is 49.1 Å². The SMILES string of the molecule is C=CC(=O)COc1ccc(F)c(F)c1.O=C(O)COc1ccc(F)c(F)c1. The molecule has 0 atom stereocenters. The number of hydrogen-bond donors (Lipinski definition) is 1. The number of ketones is 1. The van der Waals surface area contributed by atoms with Crippen molar-refractivity contribution >= 4 is 11.8 Å². The molecule has 0 aromatic heterocycles. The van der Waals surface area contributed by atoms with Gasteiger partial charge in [-0.1, -0.05) is 6.58 Å². The van der Waals surface area contributed by atoms with Crippen molar-refractivity contribution in [3.05, 3.63) is 72.3 Å². The van der Waals surface area contributed by atoms with Gasteiger partial charge in [0.1, 0.15) is 11.5 Å². The first-order valence-corrected chi connectivity index (χ1v) is 7.25. The number of carbonyl (C=O) groups excluding carboxylic acids is 1. The topological polar surface area (TPSA) is 72.8 Å². The summed E-state index contributed by atoms with van der Waals surface area (Å²) >= 11 is 0. The minimum atomic E-state index is -1.18. The van der Waals surface area contributed by atoms with Crippen molar-refractivity contribution < 1.29 is 41.7 Å². The summed E-state index contributed by atoms with van der Waals surface area (Å²) in [6, 6.07) is 5.87. The molecule has 1 N–H and O–H groups in total. The quantitative estimate of drug-likeness (QED) is 0.582. The Morgan fingerprint density at radius 1 is 0.852 bits per heavy atom. The average molecular weight is 386 g/mol. The van der Waals surface area contributed by atoms with Gasteiger partial charge in [0.2, 0.25) is 0 Å². The maximum atomic E-state index is 12.6. The number of carboxylic acids is 1. The highest BCUT2D eigenvalue weighted by atomic mass is 19.2. The van der Waals surface area contributed by atoms with Gasteiger partial charge in [-0.2, -0.15) is 0 Å². The number of benzene rings is 2. The molecule has 0 saturated heterocycles. The van der Waals surface area contributed by atoms with E-state index in [1.807, 2.05) is 0 Å². The van der Waals surface area contributed by atoms with Crippen LogP contribution < -0.4 is 9.47 Å². The second kappa shape index (κ2) is 10.6. The highest BCUT2D eigenvalue weighted by molar-refractivity contribution is 5.90. The van der Waals surface area contributed by atoms with Crippen LogP contribution in [0.2, 0.25) is 0 Å². The van der Waals surface area contributed by atoms with Crippen LogP contribution >= 0.6 is 0 Å². The summed E-state index contributed by atoms with van der Waals surface area (Å²) in [7, 11) is 0. The monoisotopic (exact) mass is 386 g/mol. The molecule has 0 heterocycles. The summed E-state index contributed by atoms with van der Waals surface area (Å²) in [5.41, 5.74) is 0. The van der Waals surface area contributed by atoms with E-state index in [0.29, 0.717) is 0 Å². The zero-order chi connectivity index (χ0) is 20.4. The summed E-state index contributed by atoms with van der Waals surface area (Å²) in [6.07, 6.45) is 1.10. The van der Waals surface area contributed by atoms with Crippen molar-refractivity contribution in [2.75, 3.05) is 13.2 Å². The maximum absolute atomic E-state index is 12.6. The Bertz CT molecular complexity index is 823. The van der Waals surface area contributed by atoms with E-state index in [1.165, 1.54) is 6.07 Å². The summed E-state index contributed by atoms with van der Waals surface area (Å²) in [4.78, 5) is 20.8. The summed E-state index contributed by atoms with van der Waals surface area (Å²) in [5.74, 6) is -5.42. The standard InChI is InChI=1S/C10H8F2O2.C8H6F2O3/c1-2-7(13)6-14-8-3-4-9(11)10(12)5-8;9-6-2-1-5(3-7(6)10)13-4-8(11)12/h2-5H,1,6H2;1-3H,4H2,(H,11,12). The fraction of sp³-hybridized carbons (Fsp3) is 0.111. The Labute approximate surface area is 151 Å². The normalized spacial score (nSPS) is 9.63. The molecular weight excluding hydrogens is 372 g/mol. The first-order valence-electron chi connectivity index (χ1n) is 7.25. The molecule has 0 amide bonds. The molecule has 2 aromatic carbocycles. The van der Waals surface area contributed by atoms with E-state index in [9.17, 15) is 27.2 Å². The van der Waals surface area contributed by atoms with Gasteiger partial charge in [0.05, 0.1) is 0 Å². The summed E-state index contributed by atoms with van der Waals surface area (Å²) in [5, 5.41) is 8.21. The molecule has 144 valence electrons. The molecule has 9 heteroatoms. The van der Waals surface area contributed by atoms with Gasteiger partial charge in [0, 0.05) is 12.1 Å². The van der Waals surface area contributed by atoms with E-state index >= 15 is 0 Å². The molecule has 0 fully saturated rings. The van der Waals surface area contributed by atoms with E-state index < -0.39 is 35.8 Å². The predicted octanol–water partition coefficient (Wildman–Crippen LogP) is 3.53. The van der Waals surface area contributed by atoms with Gasteiger partial charge in [-0.25, -0.2) is 22.4 Å². The van der Waals surface area contributed by atoms with E-state index in [-0.39, 0.29) is 23.9 Å². The van der Waals surface area contributed by atoms with Crippen LogP contribution in [0.25, 0.3) is 0 Å². The third kappa shape index (κ3) is 8.04. The molecule has 27 heavy (non-hydrogen) atoms. The summed E-state index contributed by atoms with van der Waals surface area (Å²) in [6.45, 7) is 2.44. The maximum Gasteiger partial charge on any atom is 0.341 e. The van der Waals surface area contributed by atoms with Crippen molar-refractivity contribution in [1.29, 1.82) is 0 Å². The van der Waals surface area contributed by atoms with E-state index in [4.69, 9.17) is 9.84 Å². The van der Waals surface area contributed by atoms with Crippen LogP contribution in [0.5, 0.6) is 11.5 Å². The number of hydrogen-bond acceptors (Lipinski definition) is 4. The third-order valence-corrected chi connectivity index (χ3v) is 2.75. The average Bonchev–Trinajstić information content (AvgIpc) is 2.64. The Morgan fingerprint density at radius 3 is 1.67 bits per heavy atom. The van der Waals surface area contributed by atoms with E-state index in [1.54, 1.807) is 0 Å². The second-order valence-electron chi connectivity index (χ2n) is 4.79. The molecule has 0 radical (unpaired) electrons. The van der Waals surface area contributed by atoms with Crippen molar-refractivity contribution in [3.8, 4) is 11.5 Å². The lowest BCUT2D eigenvalue weighted by Crippen LogP contribution is -2.09. The Balaban J connectivity index is 0.000000271. The Hall–Kier alpha value is -3.36. The molecule has 0 aliphatic rings. The molecule has 0 unspecified atom stereocenters. The number of rotatable bonds is 7. The van der Waals surface area contributed by atoms with Crippen LogP contribution in [0.1, 0.15) is 0 Å². The van der Waals surface area contributed by atoms with Crippen molar-refractivity contribution in [2.45, 2.75) is 0 Å². The molecule has 0 aliphatic carbocycles. The van der Waals surface area contributed by atoms with Crippen LogP contribution in [-0.4, -0.2) is 30.1 Å². The fourth-order valence-corrected chi connectivity index (χ4v) is 1.49. The largest absolute Gasteiger partial charge is 0.485 e. The zero-order valence-corrected chi connectivity index (χ0v) is 13.8. The van der Waals surface area contributed by atoms with Gasteiger partial charge < -0.3 is 14.6 Å². The van der Waals surface area contributed by atoms with Gasteiger partial charge in [-0.15, -0.1) is 0 Å². The van der Waals surface area contributed by atoms with Crippen LogP contribution in [-0.2, 0) is 9.59 Å². The van der Waals surface area contributed by atoms with E-state index in [2.05, 4.69) is 11.3 Å². The minimum absolute atomic E-state index is 0.0127. The minimum Gasteiger partial charge on any atom is -0.485 e. The first-order chi connectivity index (χ1) is 12.7. The number of ether oxygens (including phenoxy) is 2. The summed E-state index contributed by atoms with van der Waals surface area (Å²) < 4.78 is 59.4. The molecule has 0 saturated carbocycles. The first kappa shape index (κ1) is 21.7. The fourth-order valence-electron chi connectivity index (χ4n) is 1.49. The van der Waals surface area contributed by atoms with Crippen LogP contribution in [0.3, 0.4) is 0 Å². The highest BCUT2D eigenvalue weighted by Crippen LogP contribution is 2.15. The van der Waals surface area contributed by atoms with Crippen molar-refractivity contribution in [2.24, 2.45) is 0 Å². The molecule has 0 spiro atoms. The van der Waals surface area contributed by atoms with E-state index in [0.717, 1.165) is 36.4 Å². The van der Waals surface area contributed by atoms with Gasteiger partial charge in [-0.3, -0.25) is 4.79 Å². The molecular formula is C18H14F4O5. The van der Waals surface area contributed by atoms with Gasteiger partial charge in [0.15, 0.2) is 42.3 Å². The lowest BCUT2D eigenvalue weighted by molar-refractivity contribution is -0.139. The van der Waals surface area contributed by atoms with Gasteiger partial charge in [-0.05, 0) is 30.3 Å². The Morgan fingerprint density at radius 2 is 1.30 bits per heavy atom. The number of aliphatic carboxylic acids is 1. The highest BCUT2D eigenvalue weighted by Gasteiger charge is 2.05. The van der Waals surface area contributed by atoms with Gasteiger partial charge in [0.25, 0.3) is 0 Å². The van der Waals surface area contributed by atoms with Crippen molar-refractivity contribution in [3.63, 3.8) is 0 Å². The number of carboxylic acid groups (broad SMARTS) is 1. The molecule has 5 nitrogen and oxygen atoms in total. The second-order valence-corrected chi connectivity index (χ2v) is 4.79. The van der Waals surface area contributed by atoms with Crippen LogP contribution in [0.4, 0.5) is 17.6 Å².